The zero-order valence-corrected chi connectivity index (χ0v) is 12.8. The average Bonchev–Trinajstić information content (AvgIpc) is 2.57. The third kappa shape index (κ3) is 3.02. The first-order valence-corrected chi connectivity index (χ1v) is 7.29. The maximum Gasteiger partial charge on any atom is 0.161 e. The van der Waals surface area contributed by atoms with Crippen LogP contribution >= 0.6 is 0 Å². The number of phenols is 1. The zero-order chi connectivity index (χ0) is 16.4. The largest absolute Gasteiger partial charge is 0.504 e. The molecule has 0 saturated heterocycles. The fourth-order valence-electron chi connectivity index (χ4n) is 2.58. The van der Waals surface area contributed by atoms with Crippen molar-refractivity contribution in [2.45, 2.75) is 12.2 Å². The van der Waals surface area contributed by atoms with Crippen LogP contribution in [0.1, 0.15) is 17.2 Å². The van der Waals surface area contributed by atoms with E-state index < -0.39 is 0 Å². The fourth-order valence-corrected chi connectivity index (χ4v) is 2.58. The second kappa shape index (κ2) is 6.10. The van der Waals surface area contributed by atoms with Crippen LogP contribution in [0.3, 0.4) is 0 Å². The minimum absolute atomic E-state index is 0.101. The number of anilines is 1. The number of nitrogen functional groups attached to an aromatic ring is 1. The Morgan fingerprint density at radius 3 is 2.57 bits per heavy atom. The highest BCUT2D eigenvalue weighted by molar-refractivity contribution is 5.67. The first-order valence-electron chi connectivity index (χ1n) is 7.29. The molecule has 1 heterocycles. The molecule has 23 heavy (non-hydrogen) atoms. The summed E-state index contributed by atoms with van der Waals surface area (Å²) >= 11 is 0. The predicted molar refractivity (Wildman–Crippen MR) is 90.5 cm³/mol. The van der Waals surface area contributed by atoms with Gasteiger partial charge in [0.25, 0.3) is 0 Å². The molecular weight excluding hydrogens is 292 g/mol. The van der Waals surface area contributed by atoms with Crippen molar-refractivity contribution in [2.24, 2.45) is 5.73 Å². The summed E-state index contributed by atoms with van der Waals surface area (Å²) in [5, 5.41) is 16.3. The minimum atomic E-state index is -0.263. The van der Waals surface area contributed by atoms with Gasteiger partial charge in [-0.05, 0) is 35.9 Å². The van der Waals surface area contributed by atoms with E-state index in [0.29, 0.717) is 11.4 Å². The number of benzene rings is 2. The highest BCUT2D eigenvalue weighted by atomic mass is 16.5. The van der Waals surface area contributed by atoms with Crippen LogP contribution in [0.15, 0.2) is 48.7 Å². The van der Waals surface area contributed by atoms with Gasteiger partial charge in [-0.15, -0.1) is 0 Å². The van der Waals surface area contributed by atoms with E-state index in [-0.39, 0.29) is 18.0 Å². The molecule has 0 bridgehead atoms. The number of ether oxygens (including phenoxy) is 1. The van der Waals surface area contributed by atoms with E-state index in [2.05, 4.69) is 10.6 Å². The Kier molecular flexibility index (Phi) is 3.99. The van der Waals surface area contributed by atoms with Crippen LogP contribution in [0.5, 0.6) is 11.5 Å². The number of hydrogen-bond donors (Lipinski definition) is 5. The van der Waals surface area contributed by atoms with Crippen LogP contribution in [-0.2, 0) is 0 Å². The van der Waals surface area contributed by atoms with Crippen molar-refractivity contribution in [3.05, 3.63) is 59.8 Å². The second-order valence-corrected chi connectivity index (χ2v) is 5.43. The van der Waals surface area contributed by atoms with Gasteiger partial charge in [0, 0.05) is 17.5 Å². The molecule has 3 rings (SSSR count). The van der Waals surface area contributed by atoms with Gasteiger partial charge >= 0.3 is 0 Å². The monoisotopic (exact) mass is 312 g/mol. The smallest absolute Gasteiger partial charge is 0.161 e. The van der Waals surface area contributed by atoms with Crippen molar-refractivity contribution in [2.75, 3.05) is 12.8 Å². The number of phenolic OH excluding ortho intramolecular Hbond substituents is 1. The van der Waals surface area contributed by atoms with E-state index >= 15 is 0 Å². The highest BCUT2D eigenvalue weighted by Crippen LogP contribution is 2.31. The summed E-state index contributed by atoms with van der Waals surface area (Å²) in [7, 11) is 1.52. The maximum atomic E-state index is 9.72. The SMILES string of the molecule is COc1cc(C2=CNC(N)C(c3ccc(N)cc3)N2)ccc1O. The molecule has 1 aliphatic heterocycles. The van der Waals surface area contributed by atoms with Gasteiger partial charge in [0.05, 0.1) is 25.0 Å². The molecule has 6 heteroatoms. The predicted octanol–water partition coefficient (Wildman–Crippen LogP) is 1.50. The molecule has 2 atom stereocenters. The lowest BCUT2D eigenvalue weighted by Crippen LogP contribution is -2.49. The number of hydrogen-bond acceptors (Lipinski definition) is 6. The lowest BCUT2D eigenvalue weighted by molar-refractivity contribution is 0.373. The Hall–Kier alpha value is -2.86. The van der Waals surface area contributed by atoms with E-state index in [4.69, 9.17) is 16.2 Å². The van der Waals surface area contributed by atoms with Crippen molar-refractivity contribution in [1.82, 2.24) is 10.6 Å². The van der Waals surface area contributed by atoms with Crippen LogP contribution in [-0.4, -0.2) is 18.4 Å². The number of nitrogens with one attached hydrogen (secondary N) is 2. The number of methoxy groups -OCH3 is 1. The van der Waals surface area contributed by atoms with Gasteiger partial charge in [0.15, 0.2) is 11.5 Å². The zero-order valence-electron chi connectivity index (χ0n) is 12.8. The van der Waals surface area contributed by atoms with Gasteiger partial charge in [-0.25, -0.2) is 0 Å². The lowest BCUT2D eigenvalue weighted by Gasteiger charge is -2.32. The lowest BCUT2D eigenvalue weighted by atomic mass is 10.0. The third-order valence-electron chi connectivity index (χ3n) is 3.88. The normalized spacial score (nSPS) is 20.2. The van der Waals surface area contributed by atoms with Gasteiger partial charge in [-0.2, -0.15) is 0 Å². The Morgan fingerprint density at radius 2 is 1.87 bits per heavy atom. The summed E-state index contributed by atoms with van der Waals surface area (Å²) in [6.07, 6.45) is 1.56. The summed E-state index contributed by atoms with van der Waals surface area (Å²) in [6, 6.07) is 12.7. The van der Waals surface area contributed by atoms with E-state index in [1.165, 1.54) is 7.11 Å². The molecule has 2 unspecified atom stereocenters. The summed E-state index contributed by atoms with van der Waals surface area (Å²) < 4.78 is 5.16. The van der Waals surface area contributed by atoms with Crippen LogP contribution in [0.25, 0.3) is 5.70 Å². The number of nitrogens with two attached hydrogens (primary N) is 2. The van der Waals surface area contributed by atoms with Crippen molar-refractivity contribution in [1.29, 1.82) is 0 Å². The van der Waals surface area contributed by atoms with Gasteiger partial charge in [-0.1, -0.05) is 12.1 Å². The van der Waals surface area contributed by atoms with Gasteiger partial charge in [0.1, 0.15) is 0 Å². The quantitative estimate of drug-likeness (QED) is 0.550. The standard InChI is InChI=1S/C17H20N4O2/c1-23-15-8-11(4-7-14(15)22)13-9-20-17(19)16(21-13)10-2-5-12(18)6-3-10/h2-9,16-17,20-22H,18-19H2,1H3. The molecule has 1 aliphatic rings. The van der Waals surface area contributed by atoms with Gasteiger partial charge in [0.2, 0.25) is 0 Å². The molecule has 2 aromatic rings. The topological polar surface area (TPSA) is 106 Å². The number of rotatable bonds is 3. The van der Waals surface area contributed by atoms with Crippen molar-refractivity contribution in [3.8, 4) is 11.5 Å². The Labute approximate surface area is 134 Å². The molecule has 0 radical (unpaired) electrons. The molecule has 0 amide bonds. The van der Waals surface area contributed by atoms with E-state index in [9.17, 15) is 5.11 Å². The molecule has 0 saturated carbocycles. The molecule has 120 valence electrons. The number of aromatic hydroxyl groups is 1. The second-order valence-electron chi connectivity index (χ2n) is 5.43. The van der Waals surface area contributed by atoms with E-state index in [0.717, 1.165) is 16.8 Å². The summed E-state index contributed by atoms with van der Waals surface area (Å²) in [6.45, 7) is 0. The minimum Gasteiger partial charge on any atom is -0.504 e. The Balaban J connectivity index is 1.89. The molecular formula is C17H20N4O2. The van der Waals surface area contributed by atoms with Gasteiger partial charge < -0.3 is 31.9 Å². The average molecular weight is 312 g/mol. The maximum absolute atomic E-state index is 9.72. The molecule has 0 aromatic heterocycles. The molecule has 6 nitrogen and oxygen atoms in total. The van der Waals surface area contributed by atoms with Crippen LogP contribution in [0.4, 0.5) is 5.69 Å². The highest BCUT2D eigenvalue weighted by Gasteiger charge is 2.24. The molecule has 0 fully saturated rings. The van der Waals surface area contributed by atoms with Crippen LogP contribution < -0.4 is 26.8 Å². The Bertz CT molecular complexity index is 728. The van der Waals surface area contributed by atoms with E-state index in [1.807, 2.05) is 36.5 Å². The van der Waals surface area contributed by atoms with Crippen LogP contribution in [0, 0.1) is 0 Å². The van der Waals surface area contributed by atoms with E-state index in [1.54, 1.807) is 12.1 Å². The fraction of sp³-hybridized carbons (Fsp3) is 0.176. The summed E-state index contributed by atoms with van der Waals surface area (Å²) in [5.41, 5.74) is 15.4. The first kappa shape index (κ1) is 15.1. The molecule has 2 aromatic carbocycles. The van der Waals surface area contributed by atoms with Gasteiger partial charge in [-0.3, -0.25) is 0 Å². The third-order valence-corrected chi connectivity index (χ3v) is 3.88. The van der Waals surface area contributed by atoms with Crippen molar-refractivity contribution >= 4 is 11.4 Å². The molecule has 7 N–H and O–H groups in total. The van der Waals surface area contributed by atoms with Crippen molar-refractivity contribution < 1.29 is 9.84 Å². The molecule has 0 spiro atoms. The first-order chi connectivity index (χ1) is 11.1. The molecule has 0 aliphatic carbocycles. The van der Waals surface area contributed by atoms with Crippen molar-refractivity contribution in [3.63, 3.8) is 0 Å². The Morgan fingerprint density at radius 1 is 1.13 bits per heavy atom. The van der Waals surface area contributed by atoms with Crippen LogP contribution in [0.2, 0.25) is 0 Å². The summed E-state index contributed by atoms with van der Waals surface area (Å²) in [5.74, 6) is 0.525. The summed E-state index contributed by atoms with van der Waals surface area (Å²) in [4.78, 5) is 0.